The van der Waals surface area contributed by atoms with Crippen LogP contribution in [0.15, 0.2) is 18.6 Å². The molecule has 2 aliphatic carbocycles. The number of carbonyl (C=O) groups excluding carboxylic acids is 1. The number of alkyl halides is 4. The van der Waals surface area contributed by atoms with Gasteiger partial charge in [-0.1, -0.05) is 36.0 Å². The van der Waals surface area contributed by atoms with E-state index < -0.39 is 52.5 Å². The summed E-state index contributed by atoms with van der Waals surface area (Å²) in [6.07, 6.45) is 1.22. The molecule has 0 spiro atoms. The molecule has 2 heterocycles. The lowest BCUT2D eigenvalue weighted by atomic mass is 9.74. The zero-order chi connectivity index (χ0) is 28.6. The molecule has 2 N–H and O–H groups in total. The van der Waals surface area contributed by atoms with Crippen LogP contribution in [0, 0.1) is 5.41 Å². The number of rotatable bonds is 8. The molecule has 2 aromatic heterocycles. The van der Waals surface area contributed by atoms with E-state index >= 15 is 4.39 Å². The van der Waals surface area contributed by atoms with Gasteiger partial charge in [0.05, 0.1) is 39.3 Å². The van der Waals surface area contributed by atoms with E-state index in [2.05, 4.69) is 15.4 Å². The number of pyridine rings is 1. The van der Waals surface area contributed by atoms with Gasteiger partial charge in [0.25, 0.3) is 5.91 Å². The standard InChI is InChI=1S/C26H30Cl2F4N4O3/c1-24(23(38)39)10-6-15(7-11-24)36-21(26(30,31)32)17(12-34-36)22(37)35-20(25(29)8-2-3-9-25)5-4-16-18(27)13-33-14-19(16)28/h12-15,20H,2-11H2,1H3,(H,35,37)(H,38,39). The molecule has 1 amide bonds. The van der Waals surface area contributed by atoms with Gasteiger partial charge < -0.3 is 10.4 Å². The molecule has 0 saturated heterocycles. The molecule has 39 heavy (non-hydrogen) atoms. The Hall–Kier alpha value is -2.40. The number of carboxylic acid groups (broad SMARTS) is 1. The number of carbonyl (C=O) groups is 2. The topological polar surface area (TPSA) is 97.1 Å². The van der Waals surface area contributed by atoms with Gasteiger partial charge in [-0.05, 0) is 63.9 Å². The third kappa shape index (κ3) is 6.19. The van der Waals surface area contributed by atoms with Crippen molar-refractivity contribution in [3.05, 3.63) is 45.5 Å². The first-order valence-electron chi connectivity index (χ1n) is 12.9. The van der Waals surface area contributed by atoms with Crippen molar-refractivity contribution in [2.24, 2.45) is 5.41 Å². The van der Waals surface area contributed by atoms with Gasteiger partial charge in [-0.15, -0.1) is 0 Å². The first-order chi connectivity index (χ1) is 18.2. The smallest absolute Gasteiger partial charge is 0.433 e. The summed E-state index contributed by atoms with van der Waals surface area (Å²) < 4.78 is 59.5. The molecule has 1 unspecified atom stereocenters. The number of aromatic nitrogens is 3. The van der Waals surface area contributed by atoms with Crippen molar-refractivity contribution in [3.8, 4) is 0 Å². The lowest BCUT2D eigenvalue weighted by Gasteiger charge is -2.34. The Morgan fingerprint density at radius 3 is 2.26 bits per heavy atom. The number of halogens is 6. The van der Waals surface area contributed by atoms with Crippen LogP contribution in [0.25, 0.3) is 0 Å². The maximum atomic E-state index is 15.9. The molecular weight excluding hydrogens is 563 g/mol. The highest BCUT2D eigenvalue weighted by atomic mass is 35.5. The van der Waals surface area contributed by atoms with Crippen molar-refractivity contribution >= 4 is 35.1 Å². The molecule has 7 nitrogen and oxygen atoms in total. The minimum Gasteiger partial charge on any atom is -0.481 e. The average Bonchev–Trinajstić information content (AvgIpc) is 3.51. The molecule has 0 aliphatic heterocycles. The van der Waals surface area contributed by atoms with Crippen LogP contribution < -0.4 is 5.32 Å². The normalized spacial score (nSPS) is 23.9. The number of carboxylic acids is 1. The first-order valence-corrected chi connectivity index (χ1v) is 13.7. The lowest BCUT2D eigenvalue weighted by molar-refractivity contribution is -0.152. The fraction of sp³-hybridized carbons (Fsp3) is 0.615. The molecule has 2 saturated carbocycles. The maximum absolute atomic E-state index is 15.9. The molecular formula is C26H30Cl2F4N4O3. The molecule has 4 rings (SSSR count). The second kappa shape index (κ2) is 11.2. The van der Waals surface area contributed by atoms with E-state index in [9.17, 15) is 27.9 Å². The first kappa shape index (κ1) is 29.6. The summed E-state index contributed by atoms with van der Waals surface area (Å²) in [5, 5.41) is 16.5. The van der Waals surface area contributed by atoms with E-state index in [4.69, 9.17) is 23.2 Å². The van der Waals surface area contributed by atoms with Crippen LogP contribution in [0.2, 0.25) is 10.0 Å². The molecule has 13 heteroatoms. The summed E-state index contributed by atoms with van der Waals surface area (Å²) in [5.41, 5.74) is -4.21. The van der Waals surface area contributed by atoms with E-state index in [-0.39, 0.29) is 61.4 Å². The Kier molecular flexibility index (Phi) is 8.52. The minimum absolute atomic E-state index is 0.0670. The van der Waals surface area contributed by atoms with Crippen LogP contribution in [-0.4, -0.2) is 43.5 Å². The van der Waals surface area contributed by atoms with Gasteiger partial charge in [0, 0.05) is 12.4 Å². The number of amides is 1. The molecule has 0 radical (unpaired) electrons. The van der Waals surface area contributed by atoms with Crippen LogP contribution >= 0.6 is 23.2 Å². The maximum Gasteiger partial charge on any atom is 0.433 e. The second-order valence-electron chi connectivity index (χ2n) is 10.8. The predicted molar refractivity (Wildman–Crippen MR) is 137 cm³/mol. The summed E-state index contributed by atoms with van der Waals surface area (Å²) in [5.74, 6) is -2.06. The zero-order valence-electron chi connectivity index (χ0n) is 21.3. The van der Waals surface area contributed by atoms with E-state index in [1.165, 1.54) is 12.4 Å². The van der Waals surface area contributed by atoms with Gasteiger partial charge in [0.2, 0.25) is 0 Å². The van der Waals surface area contributed by atoms with Crippen molar-refractivity contribution in [2.45, 2.75) is 95.1 Å². The fourth-order valence-corrected chi connectivity index (χ4v) is 6.31. The molecule has 0 aromatic carbocycles. The molecule has 2 aliphatic rings. The Labute approximate surface area is 233 Å². The van der Waals surface area contributed by atoms with Gasteiger partial charge in [0.1, 0.15) is 5.67 Å². The van der Waals surface area contributed by atoms with E-state index in [0.717, 1.165) is 10.9 Å². The summed E-state index contributed by atoms with van der Waals surface area (Å²) in [6.45, 7) is 1.57. The van der Waals surface area contributed by atoms with E-state index in [0.29, 0.717) is 18.4 Å². The molecule has 214 valence electrons. The van der Waals surface area contributed by atoms with Gasteiger partial charge >= 0.3 is 12.1 Å². The number of hydrogen-bond donors (Lipinski definition) is 2. The number of aliphatic carboxylic acids is 1. The van der Waals surface area contributed by atoms with Crippen LogP contribution in [0.1, 0.15) is 92.4 Å². The lowest BCUT2D eigenvalue weighted by Crippen LogP contribution is -2.49. The summed E-state index contributed by atoms with van der Waals surface area (Å²) >= 11 is 12.4. The second-order valence-corrected chi connectivity index (χ2v) is 11.6. The summed E-state index contributed by atoms with van der Waals surface area (Å²) in [6, 6.07) is -1.80. The Morgan fingerprint density at radius 1 is 1.13 bits per heavy atom. The third-order valence-corrected chi connectivity index (χ3v) is 8.88. The molecule has 2 aromatic rings. The third-order valence-electron chi connectivity index (χ3n) is 8.23. The number of nitrogens with one attached hydrogen (secondary N) is 1. The van der Waals surface area contributed by atoms with Gasteiger partial charge in [-0.2, -0.15) is 18.3 Å². The highest BCUT2D eigenvalue weighted by molar-refractivity contribution is 6.35. The molecule has 0 bridgehead atoms. The van der Waals surface area contributed by atoms with Crippen molar-refractivity contribution < 1.29 is 32.3 Å². The summed E-state index contributed by atoms with van der Waals surface area (Å²) in [4.78, 5) is 28.7. The Bertz CT molecular complexity index is 1200. The number of nitrogens with zero attached hydrogens (tertiary/aromatic N) is 3. The van der Waals surface area contributed by atoms with Crippen LogP contribution in [0.3, 0.4) is 0 Å². The van der Waals surface area contributed by atoms with Crippen LogP contribution in [-0.2, 0) is 17.4 Å². The Morgan fingerprint density at radius 2 is 1.72 bits per heavy atom. The fourth-order valence-electron chi connectivity index (χ4n) is 5.76. The Balaban J connectivity index is 1.59. The van der Waals surface area contributed by atoms with Gasteiger partial charge in [0.15, 0.2) is 5.69 Å². The van der Waals surface area contributed by atoms with Crippen molar-refractivity contribution in [1.29, 1.82) is 0 Å². The highest BCUT2D eigenvalue weighted by Crippen LogP contribution is 2.44. The summed E-state index contributed by atoms with van der Waals surface area (Å²) in [7, 11) is 0. The predicted octanol–water partition coefficient (Wildman–Crippen LogP) is 6.82. The minimum atomic E-state index is -4.91. The highest BCUT2D eigenvalue weighted by Gasteiger charge is 2.46. The average molecular weight is 593 g/mol. The quantitative estimate of drug-likeness (QED) is 0.328. The zero-order valence-corrected chi connectivity index (χ0v) is 22.8. The van der Waals surface area contributed by atoms with Crippen LogP contribution in [0.4, 0.5) is 17.6 Å². The monoisotopic (exact) mass is 592 g/mol. The van der Waals surface area contributed by atoms with Crippen LogP contribution in [0.5, 0.6) is 0 Å². The van der Waals surface area contributed by atoms with E-state index in [1.807, 2.05) is 0 Å². The van der Waals surface area contributed by atoms with Crippen molar-refractivity contribution in [3.63, 3.8) is 0 Å². The van der Waals surface area contributed by atoms with Crippen molar-refractivity contribution in [2.75, 3.05) is 0 Å². The van der Waals surface area contributed by atoms with E-state index in [1.54, 1.807) is 6.92 Å². The largest absolute Gasteiger partial charge is 0.481 e. The van der Waals surface area contributed by atoms with Gasteiger partial charge in [-0.3, -0.25) is 19.3 Å². The SMILES string of the molecule is CC1(C(=O)O)CCC(n2ncc(C(=O)NC(CCc3c(Cl)cncc3Cl)C3(F)CCCC3)c2C(F)(F)F)CC1. The number of hydrogen-bond acceptors (Lipinski definition) is 4. The van der Waals surface area contributed by atoms with Gasteiger partial charge in [-0.25, -0.2) is 4.39 Å². The molecule has 1 atom stereocenters. The van der Waals surface area contributed by atoms with Crippen molar-refractivity contribution in [1.82, 2.24) is 20.1 Å². The molecule has 2 fully saturated rings.